The third-order valence-corrected chi connectivity index (χ3v) is 5.75. The van der Waals surface area contributed by atoms with E-state index in [1.807, 2.05) is 41.1 Å². The maximum atomic E-state index is 10.6. The van der Waals surface area contributed by atoms with Crippen LogP contribution in [0.1, 0.15) is 18.9 Å². The fourth-order valence-electron chi connectivity index (χ4n) is 4.47. The molecule has 0 spiro atoms. The minimum atomic E-state index is -0.337. The van der Waals surface area contributed by atoms with E-state index in [0.717, 1.165) is 37.6 Å². The van der Waals surface area contributed by atoms with E-state index in [1.165, 1.54) is 0 Å². The molecule has 1 saturated carbocycles. The zero-order valence-electron chi connectivity index (χ0n) is 14.3. The Hall–Kier alpha value is -2.74. The van der Waals surface area contributed by atoms with Crippen molar-refractivity contribution in [1.82, 2.24) is 29.8 Å². The zero-order chi connectivity index (χ0) is 17.5. The van der Waals surface area contributed by atoms with Crippen molar-refractivity contribution in [3.8, 4) is 5.69 Å². The summed E-state index contributed by atoms with van der Waals surface area (Å²) in [6.07, 6.45) is 6.93. The van der Waals surface area contributed by atoms with Gasteiger partial charge >= 0.3 is 0 Å². The van der Waals surface area contributed by atoms with E-state index < -0.39 is 0 Å². The second kappa shape index (κ2) is 6.21. The Morgan fingerprint density at radius 2 is 1.85 bits per heavy atom. The standard InChI is InChI=1S/C18H21N7O/c26-17-9-14-11-24(10-13(14)8-16(17)23-7-6-19-12-23)18-20-21-22-25(18)15-4-2-1-3-5-15/h1-7,12-14,16-17,26H,8-11H2/t13-,14+,16-,17-/m1/s1. The molecular formula is C18H21N7O. The van der Waals surface area contributed by atoms with Crippen molar-refractivity contribution < 1.29 is 5.11 Å². The van der Waals surface area contributed by atoms with Gasteiger partial charge in [0.1, 0.15) is 0 Å². The molecule has 1 saturated heterocycles. The van der Waals surface area contributed by atoms with Crippen LogP contribution in [0.5, 0.6) is 0 Å². The summed E-state index contributed by atoms with van der Waals surface area (Å²) in [5, 5.41) is 23.0. The first-order valence-electron chi connectivity index (χ1n) is 9.04. The molecule has 2 aliphatic rings. The number of nitrogens with zero attached hydrogens (tertiary/aromatic N) is 7. The minimum absolute atomic E-state index is 0.101. The number of hydrogen-bond acceptors (Lipinski definition) is 6. The van der Waals surface area contributed by atoms with Crippen LogP contribution in [0.15, 0.2) is 49.1 Å². The first-order chi connectivity index (χ1) is 12.8. The third kappa shape index (κ3) is 2.57. The Balaban J connectivity index is 1.38. The van der Waals surface area contributed by atoms with Gasteiger partial charge in [0.25, 0.3) is 0 Å². The molecule has 2 aromatic heterocycles. The summed E-state index contributed by atoms with van der Waals surface area (Å²) in [6.45, 7) is 1.79. The summed E-state index contributed by atoms with van der Waals surface area (Å²) >= 11 is 0. The average Bonchev–Trinajstić information content (AvgIpc) is 3.41. The maximum absolute atomic E-state index is 10.6. The van der Waals surface area contributed by atoms with Crippen molar-refractivity contribution >= 4 is 5.95 Å². The topological polar surface area (TPSA) is 84.9 Å². The number of para-hydroxylation sites is 1. The van der Waals surface area contributed by atoms with Gasteiger partial charge in [-0.25, -0.2) is 4.98 Å². The lowest BCUT2D eigenvalue weighted by molar-refractivity contribution is 0.0358. The lowest BCUT2D eigenvalue weighted by Gasteiger charge is -2.35. The van der Waals surface area contributed by atoms with E-state index in [1.54, 1.807) is 17.2 Å². The minimum Gasteiger partial charge on any atom is -0.391 e. The first kappa shape index (κ1) is 15.5. The van der Waals surface area contributed by atoms with E-state index >= 15 is 0 Å². The second-order valence-corrected chi connectivity index (χ2v) is 7.27. The van der Waals surface area contributed by atoms with Crippen LogP contribution in [0.2, 0.25) is 0 Å². The number of aromatic nitrogens is 6. The number of rotatable bonds is 3. The van der Waals surface area contributed by atoms with Gasteiger partial charge in [-0.2, -0.15) is 4.68 Å². The molecule has 4 atom stereocenters. The van der Waals surface area contributed by atoms with Crippen molar-refractivity contribution in [2.75, 3.05) is 18.0 Å². The number of aliphatic hydroxyl groups excluding tert-OH is 1. The van der Waals surface area contributed by atoms with Gasteiger partial charge in [-0.1, -0.05) is 23.3 Å². The van der Waals surface area contributed by atoms with Gasteiger partial charge in [-0.05, 0) is 47.2 Å². The van der Waals surface area contributed by atoms with Crippen LogP contribution in [0.4, 0.5) is 5.95 Å². The van der Waals surface area contributed by atoms with Crippen LogP contribution < -0.4 is 4.90 Å². The van der Waals surface area contributed by atoms with Gasteiger partial charge in [0.05, 0.1) is 24.2 Å². The van der Waals surface area contributed by atoms with Gasteiger partial charge in [0.2, 0.25) is 5.95 Å². The van der Waals surface area contributed by atoms with Gasteiger partial charge in [0, 0.05) is 25.5 Å². The predicted molar refractivity (Wildman–Crippen MR) is 94.9 cm³/mol. The highest BCUT2D eigenvalue weighted by Crippen LogP contribution is 2.42. The lowest BCUT2D eigenvalue weighted by atomic mass is 9.77. The summed E-state index contributed by atoms with van der Waals surface area (Å²) in [4.78, 5) is 6.38. The number of hydrogen-bond donors (Lipinski definition) is 1. The van der Waals surface area contributed by atoms with Crippen LogP contribution >= 0.6 is 0 Å². The largest absolute Gasteiger partial charge is 0.391 e. The third-order valence-electron chi connectivity index (χ3n) is 5.75. The molecule has 0 bridgehead atoms. The molecule has 3 aromatic rings. The average molecular weight is 351 g/mol. The number of aliphatic hydroxyl groups is 1. The fourth-order valence-corrected chi connectivity index (χ4v) is 4.47. The molecule has 0 unspecified atom stereocenters. The lowest BCUT2D eigenvalue weighted by Crippen LogP contribution is -2.35. The SMILES string of the molecule is O[C@@H]1C[C@H]2CN(c3nnnn3-c3ccccc3)C[C@H]2C[C@H]1n1ccnc1. The summed E-state index contributed by atoms with van der Waals surface area (Å²) in [5.41, 5.74) is 0.957. The Kier molecular flexibility index (Phi) is 3.70. The highest BCUT2D eigenvalue weighted by Gasteiger charge is 2.43. The number of benzene rings is 1. The fraction of sp³-hybridized carbons (Fsp3) is 0.444. The zero-order valence-corrected chi connectivity index (χ0v) is 14.3. The molecule has 26 heavy (non-hydrogen) atoms. The molecule has 8 heteroatoms. The maximum Gasteiger partial charge on any atom is 0.250 e. The van der Waals surface area contributed by atoms with Gasteiger partial charge in [0.15, 0.2) is 0 Å². The molecule has 2 fully saturated rings. The summed E-state index contributed by atoms with van der Waals surface area (Å²) in [7, 11) is 0. The van der Waals surface area contributed by atoms with E-state index in [4.69, 9.17) is 0 Å². The Morgan fingerprint density at radius 3 is 2.62 bits per heavy atom. The van der Waals surface area contributed by atoms with Gasteiger partial charge in [-0.15, -0.1) is 0 Å². The second-order valence-electron chi connectivity index (χ2n) is 7.27. The van der Waals surface area contributed by atoms with Crippen LogP contribution in [0.3, 0.4) is 0 Å². The summed E-state index contributed by atoms with van der Waals surface area (Å²) in [5.74, 6) is 1.76. The van der Waals surface area contributed by atoms with Crippen molar-refractivity contribution in [3.63, 3.8) is 0 Å². The van der Waals surface area contributed by atoms with Crippen LogP contribution in [-0.4, -0.2) is 54.1 Å². The Morgan fingerprint density at radius 1 is 1.04 bits per heavy atom. The van der Waals surface area contributed by atoms with Crippen molar-refractivity contribution in [3.05, 3.63) is 49.1 Å². The number of imidazole rings is 1. The molecular weight excluding hydrogens is 330 g/mol. The van der Waals surface area contributed by atoms with Crippen molar-refractivity contribution in [1.29, 1.82) is 0 Å². The number of tetrazole rings is 1. The van der Waals surface area contributed by atoms with E-state index in [0.29, 0.717) is 11.8 Å². The van der Waals surface area contributed by atoms with E-state index in [2.05, 4.69) is 25.4 Å². The molecule has 1 aromatic carbocycles. The molecule has 3 heterocycles. The van der Waals surface area contributed by atoms with Gasteiger partial charge < -0.3 is 14.6 Å². The molecule has 1 aliphatic carbocycles. The summed E-state index contributed by atoms with van der Waals surface area (Å²) < 4.78 is 3.83. The van der Waals surface area contributed by atoms with E-state index in [-0.39, 0.29) is 12.1 Å². The van der Waals surface area contributed by atoms with Crippen LogP contribution in [0, 0.1) is 11.8 Å². The predicted octanol–water partition coefficient (Wildman–Crippen LogP) is 1.31. The van der Waals surface area contributed by atoms with Crippen LogP contribution in [0.25, 0.3) is 5.69 Å². The molecule has 0 amide bonds. The molecule has 1 N–H and O–H groups in total. The molecule has 8 nitrogen and oxygen atoms in total. The molecule has 0 radical (unpaired) electrons. The van der Waals surface area contributed by atoms with Crippen molar-refractivity contribution in [2.24, 2.45) is 11.8 Å². The smallest absolute Gasteiger partial charge is 0.250 e. The first-order valence-corrected chi connectivity index (χ1v) is 9.04. The highest BCUT2D eigenvalue weighted by molar-refractivity contribution is 5.41. The highest BCUT2D eigenvalue weighted by atomic mass is 16.3. The van der Waals surface area contributed by atoms with E-state index in [9.17, 15) is 5.11 Å². The summed E-state index contributed by atoms with van der Waals surface area (Å²) in [6, 6.07) is 10.1. The normalized spacial score (nSPS) is 28.3. The molecule has 1 aliphatic heterocycles. The quantitative estimate of drug-likeness (QED) is 0.766. The number of fused-ring (bicyclic) bond motifs is 1. The Bertz CT molecular complexity index is 863. The Labute approximate surface area is 151 Å². The molecule has 5 rings (SSSR count). The van der Waals surface area contributed by atoms with Crippen LogP contribution in [-0.2, 0) is 0 Å². The van der Waals surface area contributed by atoms with Crippen molar-refractivity contribution in [2.45, 2.75) is 25.0 Å². The van der Waals surface area contributed by atoms with Gasteiger partial charge in [-0.3, -0.25) is 0 Å². The number of anilines is 1. The monoisotopic (exact) mass is 351 g/mol. The molecule has 134 valence electrons.